The van der Waals surface area contributed by atoms with Gasteiger partial charge in [0.2, 0.25) is 0 Å². The lowest BCUT2D eigenvalue weighted by Crippen LogP contribution is -2.44. The molecule has 0 saturated heterocycles. The van der Waals surface area contributed by atoms with Crippen LogP contribution in [0, 0.1) is 0 Å². The number of halogens is 1. The fourth-order valence-electron chi connectivity index (χ4n) is 2.65. The quantitative estimate of drug-likeness (QED) is 0.400. The number of para-hydroxylation sites is 1. The first-order valence-corrected chi connectivity index (χ1v) is 10.5. The molecule has 8 heteroatoms. The van der Waals surface area contributed by atoms with Crippen molar-refractivity contribution in [2.75, 3.05) is 26.9 Å². The molecular weight excluding hydrogens is 452 g/mol. The van der Waals surface area contributed by atoms with Crippen LogP contribution >= 0.6 is 15.9 Å². The Balaban J connectivity index is 1.93. The number of methoxy groups -OCH3 is 1. The molecule has 1 atom stereocenters. The number of carbonyl (C=O) groups excluding carboxylic acids is 2. The van der Waals surface area contributed by atoms with Crippen LogP contribution in [-0.2, 0) is 9.53 Å². The van der Waals surface area contributed by atoms with Crippen molar-refractivity contribution < 1.29 is 23.8 Å². The summed E-state index contributed by atoms with van der Waals surface area (Å²) < 4.78 is 16.9. The summed E-state index contributed by atoms with van der Waals surface area (Å²) in [6, 6.07) is 12.7. The Morgan fingerprint density at radius 1 is 1.03 bits per heavy atom. The second-order valence-corrected chi connectivity index (χ2v) is 7.54. The molecule has 2 N–H and O–H groups in total. The van der Waals surface area contributed by atoms with Crippen LogP contribution < -0.4 is 20.3 Å². The van der Waals surface area contributed by atoms with Gasteiger partial charge in [-0.3, -0.25) is 20.4 Å². The monoisotopic (exact) mass is 478 g/mol. The van der Waals surface area contributed by atoms with E-state index in [-0.39, 0.29) is 12.2 Å². The molecule has 0 aliphatic rings. The predicted octanol–water partition coefficient (Wildman–Crippen LogP) is 3.83. The van der Waals surface area contributed by atoms with E-state index in [1.54, 1.807) is 25.3 Å². The predicted molar refractivity (Wildman–Crippen MR) is 118 cm³/mol. The molecule has 0 radical (unpaired) electrons. The highest BCUT2D eigenvalue weighted by Gasteiger charge is 2.15. The highest BCUT2D eigenvalue weighted by molar-refractivity contribution is 9.10. The van der Waals surface area contributed by atoms with Crippen LogP contribution in [0.1, 0.15) is 42.1 Å². The van der Waals surface area contributed by atoms with E-state index in [9.17, 15) is 9.59 Å². The lowest BCUT2D eigenvalue weighted by molar-refractivity contribution is -0.123. The van der Waals surface area contributed by atoms with Gasteiger partial charge in [0.25, 0.3) is 11.8 Å². The molecule has 0 aliphatic carbocycles. The van der Waals surface area contributed by atoms with Crippen LogP contribution in [-0.4, -0.2) is 38.7 Å². The molecule has 30 heavy (non-hydrogen) atoms. The summed E-state index contributed by atoms with van der Waals surface area (Å²) in [5, 5.41) is 0. The van der Waals surface area contributed by atoms with Gasteiger partial charge in [-0.05, 0) is 42.2 Å². The molecule has 2 rings (SSSR count). The fraction of sp³-hybridized carbons (Fsp3) is 0.364. The maximum atomic E-state index is 12.5. The maximum absolute atomic E-state index is 12.5. The Kier molecular flexibility index (Phi) is 9.63. The van der Waals surface area contributed by atoms with Crippen LogP contribution in [0.25, 0.3) is 0 Å². The van der Waals surface area contributed by atoms with Crippen molar-refractivity contribution >= 4 is 27.7 Å². The van der Waals surface area contributed by atoms with Crippen molar-refractivity contribution in [1.29, 1.82) is 0 Å². The summed E-state index contributed by atoms with van der Waals surface area (Å²) in [5.41, 5.74) is 6.09. The summed E-state index contributed by atoms with van der Waals surface area (Å²) in [7, 11) is 1.57. The largest absolute Gasteiger partial charge is 0.490 e. The van der Waals surface area contributed by atoms with E-state index < -0.39 is 11.8 Å². The van der Waals surface area contributed by atoms with Crippen molar-refractivity contribution in [2.24, 2.45) is 0 Å². The molecule has 0 spiro atoms. The third-order valence-electron chi connectivity index (χ3n) is 4.47. The number of hydrogen-bond acceptors (Lipinski definition) is 5. The molecule has 0 bridgehead atoms. The third kappa shape index (κ3) is 7.03. The minimum Gasteiger partial charge on any atom is -0.490 e. The topological polar surface area (TPSA) is 85.9 Å². The van der Waals surface area contributed by atoms with Gasteiger partial charge >= 0.3 is 0 Å². The van der Waals surface area contributed by atoms with E-state index in [4.69, 9.17) is 14.2 Å². The number of hydrogen-bond donors (Lipinski definition) is 2. The Bertz CT molecular complexity index is 859. The number of hydrazine groups is 1. The van der Waals surface area contributed by atoms with E-state index in [1.165, 1.54) is 0 Å². The lowest BCUT2D eigenvalue weighted by Gasteiger charge is -2.16. The van der Waals surface area contributed by atoms with Crippen LogP contribution in [0.3, 0.4) is 0 Å². The average molecular weight is 479 g/mol. The molecular formula is C22H27BrN2O5. The molecule has 0 aliphatic heterocycles. The van der Waals surface area contributed by atoms with Gasteiger partial charge in [0.15, 0.2) is 6.61 Å². The van der Waals surface area contributed by atoms with Crippen molar-refractivity contribution in [1.82, 2.24) is 10.9 Å². The van der Waals surface area contributed by atoms with Gasteiger partial charge in [0.05, 0.1) is 12.2 Å². The molecule has 0 saturated carbocycles. The normalized spacial score (nSPS) is 11.5. The number of rotatable bonds is 10. The van der Waals surface area contributed by atoms with Crippen LogP contribution in [0.15, 0.2) is 46.9 Å². The van der Waals surface area contributed by atoms with Crippen LogP contribution in [0.4, 0.5) is 0 Å². The van der Waals surface area contributed by atoms with Crippen LogP contribution in [0.5, 0.6) is 11.5 Å². The molecule has 2 amide bonds. The summed E-state index contributed by atoms with van der Waals surface area (Å²) in [5.74, 6) is 0.392. The van der Waals surface area contributed by atoms with Gasteiger partial charge in [-0.15, -0.1) is 0 Å². The summed E-state index contributed by atoms with van der Waals surface area (Å²) >= 11 is 3.33. The van der Waals surface area contributed by atoms with Gasteiger partial charge in [0.1, 0.15) is 18.1 Å². The molecule has 162 valence electrons. The first kappa shape index (κ1) is 23.7. The standard InChI is InChI=1S/C22H27BrN2O5/c1-4-15(2)17-7-5-6-8-19(17)30-14-21(26)24-25-22(27)18-13-16(23)9-10-20(18)29-12-11-28-3/h5-10,13,15H,4,11-12,14H2,1-3H3,(H,24,26)(H,25,27). The van der Waals surface area contributed by atoms with Gasteiger partial charge in [0, 0.05) is 11.6 Å². The Labute approximate surface area is 185 Å². The molecule has 2 aromatic carbocycles. The summed E-state index contributed by atoms with van der Waals surface area (Å²) in [6.45, 7) is 4.67. The number of ether oxygens (including phenoxy) is 3. The highest BCUT2D eigenvalue weighted by Crippen LogP contribution is 2.28. The van der Waals surface area contributed by atoms with E-state index >= 15 is 0 Å². The minimum atomic E-state index is -0.503. The molecule has 2 aromatic rings. The van der Waals surface area contributed by atoms with Crippen molar-refractivity contribution in [3.63, 3.8) is 0 Å². The number of amides is 2. The SMILES string of the molecule is CCC(C)c1ccccc1OCC(=O)NNC(=O)c1cc(Br)ccc1OCCOC. The average Bonchev–Trinajstić information content (AvgIpc) is 2.76. The molecule has 1 unspecified atom stereocenters. The maximum Gasteiger partial charge on any atom is 0.276 e. The minimum absolute atomic E-state index is 0.219. The zero-order chi connectivity index (χ0) is 21.9. The number of benzene rings is 2. The molecule has 7 nitrogen and oxygen atoms in total. The molecule has 0 heterocycles. The van der Waals surface area contributed by atoms with E-state index in [2.05, 4.69) is 40.6 Å². The van der Waals surface area contributed by atoms with Crippen LogP contribution in [0.2, 0.25) is 0 Å². The third-order valence-corrected chi connectivity index (χ3v) is 4.96. The zero-order valence-electron chi connectivity index (χ0n) is 17.4. The summed E-state index contributed by atoms with van der Waals surface area (Å²) in [4.78, 5) is 24.7. The second kappa shape index (κ2) is 12.2. The Morgan fingerprint density at radius 2 is 1.80 bits per heavy atom. The van der Waals surface area contributed by atoms with Gasteiger partial charge in [-0.25, -0.2) is 0 Å². The highest BCUT2D eigenvalue weighted by atomic mass is 79.9. The van der Waals surface area contributed by atoms with Crippen molar-refractivity contribution in [3.05, 3.63) is 58.1 Å². The van der Waals surface area contributed by atoms with Crippen molar-refractivity contribution in [2.45, 2.75) is 26.2 Å². The smallest absolute Gasteiger partial charge is 0.276 e. The van der Waals surface area contributed by atoms with E-state index in [0.717, 1.165) is 12.0 Å². The first-order chi connectivity index (χ1) is 14.5. The molecule has 0 aromatic heterocycles. The van der Waals surface area contributed by atoms with E-state index in [1.807, 2.05) is 24.3 Å². The second-order valence-electron chi connectivity index (χ2n) is 6.62. The van der Waals surface area contributed by atoms with E-state index in [0.29, 0.717) is 35.1 Å². The lowest BCUT2D eigenvalue weighted by atomic mass is 9.98. The van der Waals surface area contributed by atoms with Gasteiger partial charge in [-0.1, -0.05) is 48.0 Å². The Hall–Kier alpha value is -2.58. The van der Waals surface area contributed by atoms with Gasteiger partial charge in [-0.2, -0.15) is 0 Å². The Morgan fingerprint density at radius 3 is 2.53 bits per heavy atom. The first-order valence-electron chi connectivity index (χ1n) is 9.68. The fourth-order valence-corrected chi connectivity index (χ4v) is 3.01. The van der Waals surface area contributed by atoms with Crippen molar-refractivity contribution in [3.8, 4) is 11.5 Å². The van der Waals surface area contributed by atoms with Gasteiger partial charge < -0.3 is 14.2 Å². The molecule has 0 fully saturated rings. The summed E-state index contributed by atoms with van der Waals surface area (Å²) in [6.07, 6.45) is 0.962. The zero-order valence-corrected chi connectivity index (χ0v) is 19.0. The number of nitrogens with one attached hydrogen (secondary N) is 2. The number of carbonyl (C=O) groups is 2.